The molecule has 0 amide bonds. The first-order valence-electron chi connectivity index (χ1n) is 9.93. The van der Waals surface area contributed by atoms with E-state index < -0.39 is 0 Å². The maximum atomic E-state index is 12.0. The van der Waals surface area contributed by atoms with Gasteiger partial charge in [0.2, 0.25) is 0 Å². The summed E-state index contributed by atoms with van der Waals surface area (Å²) in [6.07, 6.45) is 10.5. The van der Waals surface area contributed by atoms with Crippen molar-refractivity contribution in [3.8, 4) is 0 Å². The second-order valence-corrected chi connectivity index (χ2v) is 9.16. The van der Waals surface area contributed by atoms with Crippen LogP contribution in [0.25, 0.3) is 0 Å². The molecule has 1 aliphatic heterocycles. The number of hydrogen-bond donors (Lipinski definition) is 0. The summed E-state index contributed by atoms with van der Waals surface area (Å²) < 4.78 is 12.4. The smallest absolute Gasteiger partial charge is 0.174 e. The Labute approximate surface area is 139 Å². The maximum Gasteiger partial charge on any atom is 0.174 e. The molecule has 1 saturated heterocycles. The summed E-state index contributed by atoms with van der Waals surface area (Å²) in [6.45, 7) is 4.00. The SMILES string of the molecule is C[C@]12CC[C@H]3[C@@H](CC[C@H]4CCC(=O)C[C@@H]43)[C@@H]1CCC21OCCO1. The maximum absolute atomic E-state index is 12.0. The number of fused-ring (bicyclic) bond motifs is 6. The van der Waals surface area contributed by atoms with Crippen molar-refractivity contribution < 1.29 is 14.3 Å². The number of carbonyl (C=O) groups is 1. The Bertz CT molecular complexity index is 509. The van der Waals surface area contributed by atoms with Crippen molar-refractivity contribution in [2.24, 2.45) is 35.0 Å². The normalized spacial score (nSPS) is 51.3. The van der Waals surface area contributed by atoms with Crippen molar-refractivity contribution in [1.29, 1.82) is 0 Å². The minimum Gasteiger partial charge on any atom is -0.347 e. The minimum absolute atomic E-state index is 0.205. The van der Waals surface area contributed by atoms with Crippen LogP contribution in [0.1, 0.15) is 64.7 Å². The summed E-state index contributed by atoms with van der Waals surface area (Å²) in [6, 6.07) is 0. The van der Waals surface area contributed by atoms with Crippen LogP contribution in [0, 0.1) is 35.0 Å². The van der Waals surface area contributed by atoms with Gasteiger partial charge in [-0.15, -0.1) is 0 Å². The van der Waals surface area contributed by atoms with E-state index in [0.717, 1.165) is 56.1 Å². The van der Waals surface area contributed by atoms with Gasteiger partial charge in [0.05, 0.1) is 13.2 Å². The third-order valence-corrected chi connectivity index (χ3v) is 8.57. The summed E-state index contributed by atoms with van der Waals surface area (Å²) in [5.74, 6) is 4.15. The van der Waals surface area contributed by atoms with Crippen LogP contribution in [0.3, 0.4) is 0 Å². The van der Waals surface area contributed by atoms with Crippen LogP contribution in [0.4, 0.5) is 0 Å². The van der Waals surface area contributed by atoms with Crippen LogP contribution in [0.15, 0.2) is 0 Å². The average molecular weight is 318 g/mol. The van der Waals surface area contributed by atoms with Crippen molar-refractivity contribution >= 4 is 5.78 Å². The molecular weight excluding hydrogens is 288 g/mol. The summed E-state index contributed by atoms with van der Waals surface area (Å²) in [5, 5.41) is 0. The average Bonchev–Trinajstić information content (AvgIpc) is 3.14. The van der Waals surface area contributed by atoms with Gasteiger partial charge in [-0.05, 0) is 68.1 Å². The summed E-state index contributed by atoms with van der Waals surface area (Å²) >= 11 is 0. The molecule has 23 heavy (non-hydrogen) atoms. The van der Waals surface area contributed by atoms with E-state index in [1.165, 1.54) is 38.5 Å². The third kappa shape index (κ3) is 1.93. The van der Waals surface area contributed by atoms with Crippen LogP contribution in [-0.2, 0) is 14.3 Å². The van der Waals surface area contributed by atoms with E-state index in [9.17, 15) is 4.79 Å². The zero-order valence-electron chi connectivity index (χ0n) is 14.4. The zero-order valence-corrected chi connectivity index (χ0v) is 14.4. The molecule has 0 radical (unpaired) electrons. The van der Waals surface area contributed by atoms with Crippen molar-refractivity contribution in [3.05, 3.63) is 0 Å². The van der Waals surface area contributed by atoms with E-state index in [0.29, 0.717) is 11.7 Å². The molecule has 3 nitrogen and oxygen atoms in total. The Balaban J connectivity index is 1.44. The lowest BCUT2D eigenvalue weighted by Gasteiger charge is -2.56. The van der Waals surface area contributed by atoms with Gasteiger partial charge in [-0.1, -0.05) is 6.92 Å². The molecule has 0 aromatic carbocycles. The van der Waals surface area contributed by atoms with Crippen LogP contribution in [0.2, 0.25) is 0 Å². The molecule has 0 bridgehead atoms. The predicted octanol–water partition coefficient (Wildman–Crippen LogP) is 3.95. The molecule has 4 saturated carbocycles. The summed E-state index contributed by atoms with van der Waals surface area (Å²) in [5.41, 5.74) is 0.205. The van der Waals surface area contributed by atoms with E-state index in [-0.39, 0.29) is 11.2 Å². The van der Waals surface area contributed by atoms with Gasteiger partial charge in [0, 0.05) is 24.7 Å². The highest BCUT2D eigenvalue weighted by atomic mass is 16.7. The van der Waals surface area contributed by atoms with Crippen molar-refractivity contribution in [3.63, 3.8) is 0 Å². The van der Waals surface area contributed by atoms with Gasteiger partial charge < -0.3 is 9.47 Å². The first kappa shape index (κ1) is 14.9. The van der Waals surface area contributed by atoms with Crippen LogP contribution >= 0.6 is 0 Å². The first-order valence-corrected chi connectivity index (χ1v) is 9.93. The topological polar surface area (TPSA) is 35.5 Å². The standard InChI is InChI=1S/C20H30O3/c1-19-8-6-15-16(5-3-13-2-4-14(21)12-17(13)15)18(19)7-9-20(19)22-10-11-23-20/h13,15-18H,2-12H2,1H3/t13-,15+,16-,17+,18+,19+/m1/s1. The quantitative estimate of drug-likeness (QED) is 0.678. The first-order chi connectivity index (χ1) is 11.1. The van der Waals surface area contributed by atoms with Gasteiger partial charge in [-0.3, -0.25) is 4.79 Å². The summed E-state index contributed by atoms with van der Waals surface area (Å²) in [4.78, 5) is 12.0. The molecule has 5 fully saturated rings. The van der Waals surface area contributed by atoms with E-state index in [2.05, 4.69) is 6.92 Å². The Morgan fingerprint density at radius 1 is 0.913 bits per heavy atom. The van der Waals surface area contributed by atoms with Gasteiger partial charge in [-0.2, -0.15) is 0 Å². The molecule has 5 aliphatic rings. The number of Topliss-reactive ketones (excluding diaryl/α,β-unsaturated/α-hetero) is 1. The second kappa shape index (κ2) is 5.05. The highest BCUT2D eigenvalue weighted by molar-refractivity contribution is 5.79. The van der Waals surface area contributed by atoms with Crippen LogP contribution in [0.5, 0.6) is 0 Å². The monoisotopic (exact) mass is 318 g/mol. The van der Waals surface area contributed by atoms with E-state index in [1.807, 2.05) is 0 Å². The van der Waals surface area contributed by atoms with Crippen LogP contribution < -0.4 is 0 Å². The fraction of sp³-hybridized carbons (Fsp3) is 0.950. The highest BCUT2D eigenvalue weighted by Gasteiger charge is 2.65. The van der Waals surface area contributed by atoms with Gasteiger partial charge in [-0.25, -0.2) is 0 Å². The molecule has 0 unspecified atom stereocenters. The van der Waals surface area contributed by atoms with Crippen molar-refractivity contribution in [1.82, 2.24) is 0 Å². The van der Waals surface area contributed by atoms with Gasteiger partial charge >= 0.3 is 0 Å². The number of carbonyl (C=O) groups excluding carboxylic acids is 1. The number of ketones is 1. The highest BCUT2D eigenvalue weighted by Crippen LogP contribution is 2.66. The Hall–Kier alpha value is -0.410. The predicted molar refractivity (Wildman–Crippen MR) is 86.8 cm³/mol. The fourth-order valence-corrected chi connectivity index (χ4v) is 7.51. The second-order valence-electron chi connectivity index (χ2n) is 9.16. The van der Waals surface area contributed by atoms with Gasteiger partial charge in [0.25, 0.3) is 0 Å². The zero-order chi connectivity index (χ0) is 15.7. The summed E-state index contributed by atoms with van der Waals surface area (Å²) in [7, 11) is 0. The lowest BCUT2D eigenvalue weighted by atomic mass is 9.50. The molecule has 4 aliphatic carbocycles. The number of ether oxygens (including phenoxy) is 2. The lowest BCUT2D eigenvalue weighted by Crippen LogP contribution is -2.54. The molecule has 0 aromatic heterocycles. The molecule has 6 atom stereocenters. The minimum atomic E-state index is -0.276. The Kier molecular flexibility index (Phi) is 3.27. The van der Waals surface area contributed by atoms with Gasteiger partial charge in [0.1, 0.15) is 5.78 Å². The lowest BCUT2D eigenvalue weighted by molar-refractivity contribution is -0.243. The Morgan fingerprint density at radius 3 is 2.57 bits per heavy atom. The molecule has 3 heteroatoms. The third-order valence-electron chi connectivity index (χ3n) is 8.57. The fourth-order valence-electron chi connectivity index (χ4n) is 7.51. The number of rotatable bonds is 0. The Morgan fingerprint density at radius 2 is 1.74 bits per heavy atom. The molecule has 1 heterocycles. The van der Waals surface area contributed by atoms with Crippen LogP contribution in [-0.4, -0.2) is 24.8 Å². The molecular formula is C20H30O3. The number of hydrogen-bond acceptors (Lipinski definition) is 3. The van der Waals surface area contributed by atoms with Crippen molar-refractivity contribution in [2.45, 2.75) is 70.5 Å². The van der Waals surface area contributed by atoms with E-state index >= 15 is 0 Å². The molecule has 128 valence electrons. The molecule has 5 rings (SSSR count). The molecule has 0 aromatic rings. The van der Waals surface area contributed by atoms with Crippen molar-refractivity contribution in [2.75, 3.05) is 13.2 Å². The molecule has 0 N–H and O–H groups in total. The van der Waals surface area contributed by atoms with E-state index in [1.54, 1.807) is 0 Å². The largest absolute Gasteiger partial charge is 0.347 e. The van der Waals surface area contributed by atoms with E-state index in [4.69, 9.17) is 9.47 Å². The molecule has 1 spiro atoms. The van der Waals surface area contributed by atoms with Gasteiger partial charge in [0.15, 0.2) is 5.79 Å².